The Kier molecular flexibility index (Phi) is 5.98. The molecule has 0 aliphatic heterocycles. The lowest BCUT2D eigenvalue weighted by atomic mass is 9.98. The molecule has 0 amide bonds. The van der Waals surface area contributed by atoms with Gasteiger partial charge in [0, 0.05) is 12.2 Å². The van der Waals surface area contributed by atoms with Crippen LogP contribution in [0.2, 0.25) is 0 Å². The molecular formula is C14H24N2O. The van der Waals surface area contributed by atoms with Crippen molar-refractivity contribution in [3.8, 4) is 5.75 Å². The third-order valence-corrected chi connectivity index (χ3v) is 2.86. The molecule has 1 N–H and O–H groups in total. The van der Waals surface area contributed by atoms with Gasteiger partial charge in [-0.2, -0.15) is 0 Å². The first kappa shape index (κ1) is 14.0. The van der Waals surface area contributed by atoms with Crippen molar-refractivity contribution < 1.29 is 4.74 Å². The molecule has 0 aliphatic rings. The zero-order valence-corrected chi connectivity index (χ0v) is 11.4. The van der Waals surface area contributed by atoms with Gasteiger partial charge < -0.3 is 10.1 Å². The van der Waals surface area contributed by atoms with E-state index >= 15 is 0 Å². The summed E-state index contributed by atoms with van der Waals surface area (Å²) < 4.78 is 5.22. The Bertz CT molecular complexity index is 326. The van der Waals surface area contributed by atoms with Crippen LogP contribution >= 0.6 is 0 Å². The van der Waals surface area contributed by atoms with Gasteiger partial charge in [0.2, 0.25) is 0 Å². The molecule has 1 unspecified atom stereocenters. The third-order valence-electron chi connectivity index (χ3n) is 2.86. The lowest BCUT2D eigenvalue weighted by molar-refractivity contribution is 0.408. The first-order valence-corrected chi connectivity index (χ1v) is 6.39. The average Bonchev–Trinajstić information content (AvgIpc) is 2.34. The Morgan fingerprint density at radius 2 is 2.06 bits per heavy atom. The number of aromatic nitrogens is 1. The van der Waals surface area contributed by atoms with Crippen molar-refractivity contribution in [2.75, 3.05) is 13.7 Å². The van der Waals surface area contributed by atoms with Gasteiger partial charge in [0.25, 0.3) is 0 Å². The molecule has 1 rings (SSSR count). The summed E-state index contributed by atoms with van der Waals surface area (Å²) in [5, 5.41) is 3.51. The summed E-state index contributed by atoms with van der Waals surface area (Å²) in [6.45, 7) is 7.62. The molecule has 1 aromatic rings. The van der Waals surface area contributed by atoms with Gasteiger partial charge in [0.05, 0.1) is 13.3 Å². The Morgan fingerprint density at radius 1 is 1.29 bits per heavy atom. The number of nitrogens with one attached hydrogen (secondary N) is 1. The first-order valence-electron chi connectivity index (χ1n) is 6.39. The van der Waals surface area contributed by atoms with Crippen LogP contribution in [0.4, 0.5) is 0 Å². The maximum absolute atomic E-state index is 5.22. The molecule has 1 atom stereocenters. The number of rotatable bonds is 7. The Balaban J connectivity index is 2.73. The van der Waals surface area contributed by atoms with Gasteiger partial charge in [-0.1, -0.05) is 20.8 Å². The molecule has 1 aromatic heterocycles. The molecule has 0 spiro atoms. The highest BCUT2D eigenvalue weighted by atomic mass is 16.5. The van der Waals surface area contributed by atoms with E-state index in [0.29, 0.717) is 6.04 Å². The molecular weight excluding hydrogens is 212 g/mol. The Labute approximate surface area is 105 Å². The summed E-state index contributed by atoms with van der Waals surface area (Å²) in [6, 6.07) is 2.45. The summed E-state index contributed by atoms with van der Waals surface area (Å²) >= 11 is 0. The van der Waals surface area contributed by atoms with Crippen LogP contribution in [0.25, 0.3) is 0 Å². The molecule has 3 heteroatoms. The average molecular weight is 236 g/mol. The van der Waals surface area contributed by atoms with Gasteiger partial charge in [-0.05, 0) is 36.9 Å². The fraction of sp³-hybridized carbons (Fsp3) is 0.643. The van der Waals surface area contributed by atoms with Crippen LogP contribution in [-0.2, 0) is 0 Å². The first-order chi connectivity index (χ1) is 8.17. The largest absolute Gasteiger partial charge is 0.495 e. The minimum atomic E-state index is 0.380. The minimum Gasteiger partial charge on any atom is -0.495 e. The Hall–Kier alpha value is -1.09. The van der Waals surface area contributed by atoms with E-state index in [1.54, 1.807) is 13.3 Å². The van der Waals surface area contributed by atoms with Crippen molar-refractivity contribution in [1.82, 2.24) is 10.3 Å². The van der Waals surface area contributed by atoms with Crippen LogP contribution in [-0.4, -0.2) is 18.6 Å². The molecule has 0 aliphatic carbocycles. The van der Waals surface area contributed by atoms with Gasteiger partial charge in [0.1, 0.15) is 5.75 Å². The highest BCUT2D eigenvalue weighted by molar-refractivity contribution is 5.25. The smallest absolute Gasteiger partial charge is 0.137 e. The molecule has 0 bridgehead atoms. The van der Waals surface area contributed by atoms with Crippen LogP contribution in [0.5, 0.6) is 5.75 Å². The van der Waals surface area contributed by atoms with E-state index in [4.69, 9.17) is 4.74 Å². The third kappa shape index (κ3) is 4.73. The maximum atomic E-state index is 5.22. The predicted octanol–water partition coefficient (Wildman–Crippen LogP) is 3.18. The normalized spacial score (nSPS) is 12.8. The molecule has 0 saturated carbocycles. The quantitative estimate of drug-likeness (QED) is 0.789. The summed E-state index contributed by atoms with van der Waals surface area (Å²) in [6.07, 6.45) is 6.03. The number of nitrogens with zero attached hydrogens (tertiary/aromatic N) is 1. The van der Waals surface area contributed by atoms with Crippen molar-refractivity contribution in [2.24, 2.45) is 5.92 Å². The standard InChI is InChI=1S/C14H24N2O/c1-5-16-14(7-6-11(2)3)12-8-13(17-4)10-15-9-12/h8-11,14,16H,5-7H2,1-4H3. The van der Waals surface area contributed by atoms with Gasteiger partial charge in [-0.15, -0.1) is 0 Å². The second-order valence-electron chi connectivity index (χ2n) is 4.74. The Morgan fingerprint density at radius 3 is 2.65 bits per heavy atom. The van der Waals surface area contributed by atoms with Gasteiger partial charge in [-0.3, -0.25) is 4.98 Å². The molecule has 0 aromatic carbocycles. The zero-order chi connectivity index (χ0) is 12.7. The van der Waals surface area contributed by atoms with E-state index in [1.807, 2.05) is 6.20 Å². The number of methoxy groups -OCH3 is 1. The van der Waals surface area contributed by atoms with Crippen LogP contribution < -0.4 is 10.1 Å². The van der Waals surface area contributed by atoms with Gasteiger partial charge in [0.15, 0.2) is 0 Å². The van der Waals surface area contributed by atoms with Crippen LogP contribution in [0.3, 0.4) is 0 Å². The molecule has 1 heterocycles. The molecule has 0 fully saturated rings. The summed E-state index contributed by atoms with van der Waals surface area (Å²) in [5.41, 5.74) is 1.21. The SMILES string of the molecule is CCNC(CCC(C)C)c1cncc(OC)c1. The van der Waals surface area contributed by atoms with E-state index in [1.165, 1.54) is 12.0 Å². The van der Waals surface area contributed by atoms with E-state index in [2.05, 4.69) is 37.1 Å². The van der Waals surface area contributed by atoms with Crippen molar-refractivity contribution in [2.45, 2.75) is 39.7 Å². The van der Waals surface area contributed by atoms with Crippen molar-refractivity contribution in [3.05, 3.63) is 24.0 Å². The number of ether oxygens (including phenoxy) is 1. The topological polar surface area (TPSA) is 34.2 Å². The molecule has 3 nitrogen and oxygen atoms in total. The van der Waals surface area contributed by atoms with E-state index in [9.17, 15) is 0 Å². The van der Waals surface area contributed by atoms with Crippen molar-refractivity contribution in [3.63, 3.8) is 0 Å². The van der Waals surface area contributed by atoms with Crippen molar-refractivity contribution >= 4 is 0 Å². The minimum absolute atomic E-state index is 0.380. The highest BCUT2D eigenvalue weighted by Crippen LogP contribution is 2.23. The number of hydrogen-bond acceptors (Lipinski definition) is 3. The monoisotopic (exact) mass is 236 g/mol. The van der Waals surface area contributed by atoms with E-state index < -0.39 is 0 Å². The number of pyridine rings is 1. The molecule has 0 radical (unpaired) electrons. The molecule has 17 heavy (non-hydrogen) atoms. The highest BCUT2D eigenvalue weighted by Gasteiger charge is 2.12. The second kappa shape index (κ2) is 7.28. The molecule has 0 saturated heterocycles. The van der Waals surface area contributed by atoms with Crippen LogP contribution in [0.1, 0.15) is 45.2 Å². The van der Waals surface area contributed by atoms with Gasteiger partial charge in [-0.25, -0.2) is 0 Å². The summed E-state index contributed by atoms with van der Waals surface area (Å²) in [5.74, 6) is 1.56. The zero-order valence-electron chi connectivity index (χ0n) is 11.4. The van der Waals surface area contributed by atoms with Crippen molar-refractivity contribution in [1.29, 1.82) is 0 Å². The predicted molar refractivity (Wildman–Crippen MR) is 71.3 cm³/mol. The van der Waals surface area contributed by atoms with Crippen LogP contribution in [0.15, 0.2) is 18.5 Å². The van der Waals surface area contributed by atoms with E-state index in [0.717, 1.165) is 24.6 Å². The lowest BCUT2D eigenvalue weighted by Crippen LogP contribution is -2.21. The fourth-order valence-corrected chi connectivity index (χ4v) is 1.87. The number of hydrogen-bond donors (Lipinski definition) is 1. The molecule has 96 valence electrons. The maximum Gasteiger partial charge on any atom is 0.137 e. The van der Waals surface area contributed by atoms with Crippen LogP contribution in [0, 0.1) is 5.92 Å². The van der Waals surface area contributed by atoms with E-state index in [-0.39, 0.29) is 0 Å². The summed E-state index contributed by atoms with van der Waals surface area (Å²) in [7, 11) is 1.68. The second-order valence-corrected chi connectivity index (χ2v) is 4.74. The van der Waals surface area contributed by atoms with Gasteiger partial charge >= 0.3 is 0 Å². The lowest BCUT2D eigenvalue weighted by Gasteiger charge is -2.19. The summed E-state index contributed by atoms with van der Waals surface area (Å²) in [4.78, 5) is 4.22. The fourth-order valence-electron chi connectivity index (χ4n) is 1.87.